The van der Waals surface area contributed by atoms with Gasteiger partial charge >= 0.3 is 0 Å². The van der Waals surface area contributed by atoms with Gasteiger partial charge in [0.05, 0.1) is 0 Å². The Morgan fingerprint density at radius 1 is 1.03 bits per heavy atom. The summed E-state index contributed by atoms with van der Waals surface area (Å²) in [6.45, 7) is 13.8. The highest BCUT2D eigenvalue weighted by Gasteiger charge is 2.36. The number of hydrogen-bond acceptors (Lipinski definition) is 2. The first-order valence-electron chi connectivity index (χ1n) is 11.0. The molecule has 3 aromatic rings. The van der Waals surface area contributed by atoms with E-state index in [9.17, 15) is 13.3 Å². The van der Waals surface area contributed by atoms with Crippen LogP contribution in [0.5, 0.6) is 0 Å². The van der Waals surface area contributed by atoms with Gasteiger partial charge in [-0.2, -0.15) is 0 Å². The van der Waals surface area contributed by atoms with E-state index in [4.69, 9.17) is 0 Å². The summed E-state index contributed by atoms with van der Waals surface area (Å²) in [4.78, 5) is 0. The van der Waals surface area contributed by atoms with Crippen molar-refractivity contribution in [3.63, 3.8) is 0 Å². The molecule has 180 valence electrons. The van der Waals surface area contributed by atoms with E-state index in [1.54, 1.807) is 33.0 Å². The third-order valence-corrected chi connectivity index (χ3v) is 7.04. The van der Waals surface area contributed by atoms with E-state index in [1.807, 2.05) is 35.8 Å². The molecule has 1 heterocycles. The van der Waals surface area contributed by atoms with Gasteiger partial charge in [-0.3, -0.25) is 0 Å². The normalized spacial score (nSPS) is 14.8. The van der Waals surface area contributed by atoms with E-state index in [0.29, 0.717) is 23.0 Å². The lowest BCUT2D eigenvalue weighted by Gasteiger charge is -2.27. The van der Waals surface area contributed by atoms with Crippen LogP contribution in [0.15, 0.2) is 42.6 Å². The van der Waals surface area contributed by atoms with Crippen LogP contribution >= 0.6 is 0 Å². The van der Waals surface area contributed by atoms with Gasteiger partial charge in [0, 0.05) is 46.1 Å². The van der Waals surface area contributed by atoms with Crippen molar-refractivity contribution in [2.45, 2.75) is 72.2 Å². The Bertz CT molecular complexity index is 1130. The quantitative estimate of drug-likeness (QED) is 0.382. The highest BCUT2D eigenvalue weighted by molar-refractivity contribution is 7.90. The summed E-state index contributed by atoms with van der Waals surface area (Å²) in [6.07, 6.45) is -1.16. The average Bonchev–Trinajstić information content (AvgIpc) is 3.00. The summed E-state index contributed by atoms with van der Waals surface area (Å²) >= 11 is -1.72. The Balaban J connectivity index is 2.23. The minimum atomic E-state index is -2.82. The van der Waals surface area contributed by atoms with E-state index in [0.717, 1.165) is 11.1 Å². The Morgan fingerprint density at radius 3 is 2.21 bits per heavy atom. The maximum absolute atomic E-state index is 15.4. The molecule has 1 N–H and O–H groups in total. The number of alkyl halides is 2. The number of benzene rings is 2. The Labute approximate surface area is 197 Å². The molecule has 7 heteroatoms. The minimum absolute atomic E-state index is 0.136. The van der Waals surface area contributed by atoms with E-state index < -0.39 is 34.4 Å². The van der Waals surface area contributed by atoms with Crippen molar-refractivity contribution in [2.24, 2.45) is 5.41 Å². The van der Waals surface area contributed by atoms with Crippen molar-refractivity contribution in [2.75, 3.05) is 0 Å². The summed E-state index contributed by atoms with van der Waals surface area (Å²) in [5, 5.41) is 0.401. The van der Waals surface area contributed by atoms with Crippen molar-refractivity contribution >= 4 is 22.3 Å². The summed E-state index contributed by atoms with van der Waals surface area (Å²) in [5.74, 6) is -0.475. The van der Waals surface area contributed by atoms with Crippen LogP contribution < -0.4 is 4.72 Å². The average molecular weight is 479 g/mol. The summed E-state index contributed by atoms with van der Waals surface area (Å²) < 4.78 is 60.2. The van der Waals surface area contributed by atoms with Crippen molar-refractivity contribution in [3.05, 3.63) is 59.5 Å². The zero-order chi connectivity index (χ0) is 24.7. The van der Waals surface area contributed by atoms with Crippen LogP contribution in [0.2, 0.25) is 0 Å². The molecule has 2 atom stereocenters. The molecule has 0 fully saturated rings. The van der Waals surface area contributed by atoms with Crippen LogP contribution in [0.4, 0.5) is 13.2 Å². The van der Waals surface area contributed by atoms with Gasteiger partial charge in [-0.15, -0.1) is 4.72 Å². The van der Waals surface area contributed by atoms with Gasteiger partial charge in [0.2, 0.25) is 0 Å². The Kier molecular flexibility index (Phi) is 7.27. The van der Waals surface area contributed by atoms with Crippen LogP contribution in [0, 0.1) is 18.2 Å². The zero-order valence-electron chi connectivity index (χ0n) is 20.3. The number of nitrogens with zero attached hydrogens (tertiary/aromatic N) is 1. The lowest BCUT2D eigenvalue weighted by Crippen LogP contribution is -2.43. The van der Waals surface area contributed by atoms with Gasteiger partial charge in [0.1, 0.15) is 16.6 Å². The molecule has 0 unspecified atom stereocenters. The second-order valence-electron chi connectivity index (χ2n) is 10.7. The fourth-order valence-electron chi connectivity index (χ4n) is 3.85. The molecule has 0 amide bonds. The number of nitrogens with one attached hydrogen (secondary N) is 1. The molecule has 1 aromatic heterocycles. The molecule has 3 rings (SSSR count). The van der Waals surface area contributed by atoms with Crippen LogP contribution in [-0.2, 0) is 17.9 Å². The van der Waals surface area contributed by atoms with Crippen molar-refractivity contribution in [1.82, 2.24) is 9.29 Å². The van der Waals surface area contributed by atoms with Crippen LogP contribution in [0.25, 0.3) is 22.0 Å². The molecule has 0 saturated heterocycles. The topological polar surface area (TPSA) is 40.0 Å². The molecule has 2 aromatic carbocycles. The number of fused-ring (bicyclic) bond motifs is 1. The molecular weight excluding hydrogens is 445 g/mol. The second-order valence-corrected chi connectivity index (χ2v) is 12.7. The van der Waals surface area contributed by atoms with Gasteiger partial charge in [-0.25, -0.2) is 13.2 Å². The predicted octanol–water partition coefficient (Wildman–Crippen LogP) is 7.16. The summed E-state index contributed by atoms with van der Waals surface area (Å²) in [5.41, 5.74) is 2.91. The van der Waals surface area contributed by atoms with E-state index in [2.05, 4.69) is 25.5 Å². The molecule has 33 heavy (non-hydrogen) atoms. The number of aryl methyl sites for hydroxylation is 1. The van der Waals surface area contributed by atoms with E-state index in [-0.39, 0.29) is 11.0 Å². The van der Waals surface area contributed by atoms with Crippen LogP contribution in [0.1, 0.15) is 58.7 Å². The molecule has 0 saturated carbocycles. The standard InChI is InChI=1S/C26H33F3N2OS/c1-16-10-8-9-11-17(16)18-13-22-19(12-21(18)27)20(14-31(22)15-25(2,3)4)23(24(28)29)30-33(32)26(5,6)7/h8-14,23-24,30H,15H2,1-7H3/t23-,33-/m0/s1. The molecule has 0 aliphatic heterocycles. The largest absolute Gasteiger partial charge is 0.598 e. The molecule has 0 aliphatic rings. The lowest BCUT2D eigenvalue weighted by atomic mass is 9.96. The number of aromatic nitrogens is 1. The van der Waals surface area contributed by atoms with Crippen molar-refractivity contribution in [3.8, 4) is 11.1 Å². The first kappa shape index (κ1) is 25.7. The third kappa shape index (κ3) is 5.76. The Morgan fingerprint density at radius 2 is 1.67 bits per heavy atom. The van der Waals surface area contributed by atoms with Crippen molar-refractivity contribution in [1.29, 1.82) is 0 Å². The van der Waals surface area contributed by atoms with Crippen LogP contribution in [-0.4, -0.2) is 20.3 Å². The molecule has 0 bridgehead atoms. The summed E-state index contributed by atoms with van der Waals surface area (Å²) in [7, 11) is 0. The predicted molar refractivity (Wildman–Crippen MR) is 131 cm³/mol. The highest BCUT2D eigenvalue weighted by atomic mass is 32.2. The van der Waals surface area contributed by atoms with E-state index in [1.165, 1.54) is 6.07 Å². The minimum Gasteiger partial charge on any atom is -0.598 e. The maximum Gasteiger partial charge on any atom is 0.262 e. The molecule has 0 radical (unpaired) electrons. The second kappa shape index (κ2) is 9.35. The van der Waals surface area contributed by atoms with Gasteiger partial charge < -0.3 is 9.12 Å². The number of rotatable bonds is 6. The first-order valence-corrected chi connectivity index (χ1v) is 12.2. The van der Waals surface area contributed by atoms with Gasteiger partial charge in [-0.1, -0.05) is 45.0 Å². The summed E-state index contributed by atoms with van der Waals surface area (Å²) in [6, 6.07) is 9.10. The van der Waals surface area contributed by atoms with E-state index >= 15 is 4.39 Å². The SMILES string of the molecule is Cc1ccccc1-c1cc2c(cc1F)c([C@H](N[S@@+]([O-])C(C)(C)C)C(F)F)cn2CC(C)(C)C. The Hall–Kier alpha value is -1.96. The van der Waals surface area contributed by atoms with Gasteiger partial charge in [0.25, 0.3) is 6.43 Å². The number of hydrogen-bond donors (Lipinski definition) is 1. The smallest absolute Gasteiger partial charge is 0.262 e. The molecule has 0 aliphatic carbocycles. The molecule has 0 spiro atoms. The first-order chi connectivity index (χ1) is 15.2. The third-order valence-electron chi connectivity index (χ3n) is 5.46. The lowest BCUT2D eigenvalue weighted by molar-refractivity contribution is 0.109. The van der Waals surface area contributed by atoms with Gasteiger partial charge in [-0.05, 0) is 56.4 Å². The zero-order valence-corrected chi connectivity index (χ0v) is 21.1. The number of halogens is 3. The fourth-order valence-corrected chi connectivity index (χ4v) is 4.67. The maximum atomic E-state index is 15.4. The van der Waals surface area contributed by atoms with Gasteiger partial charge in [0.15, 0.2) is 0 Å². The van der Waals surface area contributed by atoms with Crippen molar-refractivity contribution < 1.29 is 17.7 Å². The fraction of sp³-hybridized carbons (Fsp3) is 0.462. The monoisotopic (exact) mass is 478 g/mol. The van der Waals surface area contributed by atoms with Crippen LogP contribution in [0.3, 0.4) is 0 Å². The molecule has 3 nitrogen and oxygen atoms in total. The highest BCUT2D eigenvalue weighted by Crippen LogP contribution is 2.37. The molecular formula is C26H33F3N2OS.